The van der Waals surface area contributed by atoms with Gasteiger partial charge in [-0.3, -0.25) is 0 Å². The van der Waals surface area contributed by atoms with Gasteiger partial charge in [-0.1, -0.05) is 109 Å². The Morgan fingerprint density at radius 2 is 0.581 bits per heavy atom. The maximum Gasteiger partial charge on any atom is 0.417 e. The molecule has 3 heterocycles. The first-order valence-electron chi connectivity index (χ1n) is 31.1. The Kier molecular flexibility index (Phi) is 16.7. The fourth-order valence-corrected chi connectivity index (χ4v) is 13.3. The molecule has 528 valence electrons. The molecule has 105 heavy (non-hydrogen) atoms. The van der Waals surface area contributed by atoms with Gasteiger partial charge < -0.3 is 9.13 Å². The van der Waals surface area contributed by atoms with Gasteiger partial charge in [0.25, 0.3) is 0 Å². The number of fused-ring (bicyclic) bond motifs is 6. The molecule has 0 bridgehead atoms. The normalized spacial score (nSPS) is 12.8. The minimum absolute atomic E-state index is 0.0274. The van der Waals surface area contributed by atoms with Gasteiger partial charge in [-0.05, 0) is 172 Å². The Morgan fingerprint density at radius 3 is 0.867 bits per heavy atom. The lowest BCUT2D eigenvalue weighted by molar-refractivity contribution is -0.144. The Labute approximate surface area is 578 Å². The number of aryl methyl sites for hydroxylation is 1. The third-order valence-electron chi connectivity index (χ3n) is 18.1. The summed E-state index contributed by atoms with van der Waals surface area (Å²) in [5.74, 6) is -0.0957. The van der Waals surface area contributed by atoms with Crippen LogP contribution in [-0.2, 0) is 43.2 Å². The minimum Gasteiger partial charge on any atom is -0.308 e. The zero-order chi connectivity index (χ0) is 75.0. The lowest BCUT2D eigenvalue weighted by atomic mass is 9.94. The third-order valence-corrected chi connectivity index (χ3v) is 18.1. The smallest absolute Gasteiger partial charge is 0.308 e. The van der Waals surface area contributed by atoms with Gasteiger partial charge in [0.15, 0.2) is 5.82 Å². The zero-order valence-corrected chi connectivity index (χ0v) is 53.0. The Balaban J connectivity index is 1.12. The Bertz CT molecular complexity index is 5690. The van der Waals surface area contributed by atoms with Gasteiger partial charge in [-0.15, -0.1) is 0 Å². The van der Waals surface area contributed by atoms with Gasteiger partial charge in [-0.25, -0.2) is 9.97 Å². The molecule has 0 saturated heterocycles. The van der Waals surface area contributed by atoms with Crippen LogP contribution in [0.4, 0.5) is 92.2 Å². The Hall–Kier alpha value is -11.9. The average molecular weight is 1460 g/mol. The van der Waals surface area contributed by atoms with Gasteiger partial charge in [0.1, 0.15) is 11.6 Å². The molecule has 5 nitrogen and oxygen atoms in total. The van der Waals surface area contributed by atoms with Crippen LogP contribution in [0.15, 0.2) is 224 Å². The van der Waals surface area contributed by atoms with Crippen molar-refractivity contribution in [2.24, 2.45) is 0 Å². The van der Waals surface area contributed by atoms with Crippen molar-refractivity contribution < 1.29 is 92.2 Å². The van der Waals surface area contributed by atoms with E-state index in [0.717, 1.165) is 42.5 Å². The van der Waals surface area contributed by atoms with E-state index in [4.69, 9.17) is 9.97 Å². The molecular formula is C79H40F21N5. The lowest BCUT2D eigenvalue weighted by Crippen LogP contribution is -2.12. The van der Waals surface area contributed by atoms with E-state index in [1.807, 2.05) is 0 Å². The van der Waals surface area contributed by atoms with Crippen LogP contribution in [0.25, 0.3) is 133 Å². The fraction of sp³-hybridized carbons (Fsp3) is 0.101. The van der Waals surface area contributed by atoms with Gasteiger partial charge >= 0.3 is 43.2 Å². The van der Waals surface area contributed by atoms with E-state index < -0.39 is 110 Å². The van der Waals surface area contributed by atoms with Crippen molar-refractivity contribution in [2.75, 3.05) is 0 Å². The summed E-state index contributed by atoms with van der Waals surface area (Å²) in [5.41, 5.74) is -13.1. The number of alkyl halides is 21. The number of nitriles is 1. The van der Waals surface area contributed by atoms with Crippen LogP contribution in [0.5, 0.6) is 0 Å². The standard InChI is InChI=1S/C79H40F21N5/c1-40-28-48(73(80,81)82)16-20-52(40)43-12-24-66-56(29-43)57-30-44(53-21-17-49(74(83,84)85)35-61(53)77(92,93)94)13-25-67(57)104(66)70-33-47(72-102-64(41-8-4-2-5-9-41)38-65(103-72)42-10-6-3-7-11-42)34-71(60(70)39-101)105-68-26-14-45(54-22-18-50(75(86,87)88)36-62(54)78(95,96)97)31-58(68)59-32-46(15-27-69(59)105)55-23-19-51(76(89,90)91)37-63(55)79(98,99)100/h2-38H,1H3. The monoisotopic (exact) mass is 1460 g/mol. The molecule has 0 aliphatic heterocycles. The maximum absolute atomic E-state index is 15.1. The van der Waals surface area contributed by atoms with Crippen LogP contribution in [-0.4, -0.2) is 19.1 Å². The summed E-state index contributed by atoms with van der Waals surface area (Å²) < 4.78 is 308. The second-order valence-corrected chi connectivity index (χ2v) is 24.6. The summed E-state index contributed by atoms with van der Waals surface area (Å²) in [6, 6.07) is 44.6. The molecule has 0 radical (unpaired) electrons. The molecule has 0 amide bonds. The van der Waals surface area contributed by atoms with Crippen molar-refractivity contribution in [3.63, 3.8) is 0 Å². The summed E-state index contributed by atoms with van der Waals surface area (Å²) in [4.78, 5) is 10.1. The highest BCUT2D eigenvalue weighted by atomic mass is 19.4. The van der Waals surface area contributed by atoms with E-state index in [1.54, 1.807) is 66.7 Å². The number of halogens is 21. The molecule has 0 N–H and O–H groups in total. The van der Waals surface area contributed by atoms with Gasteiger partial charge in [0.2, 0.25) is 0 Å². The number of hydrogen-bond donors (Lipinski definition) is 0. The van der Waals surface area contributed by atoms with Gasteiger partial charge in [-0.2, -0.15) is 97.5 Å². The molecule has 0 saturated carbocycles. The van der Waals surface area contributed by atoms with Crippen LogP contribution in [0, 0.1) is 18.3 Å². The highest BCUT2D eigenvalue weighted by Crippen LogP contribution is 2.50. The molecule has 14 rings (SSSR count). The molecule has 14 aromatic rings. The lowest BCUT2D eigenvalue weighted by Gasteiger charge is -2.19. The molecule has 3 aromatic heterocycles. The van der Waals surface area contributed by atoms with E-state index in [9.17, 15) is 57.9 Å². The van der Waals surface area contributed by atoms with Crippen molar-refractivity contribution in [3.8, 4) is 95.9 Å². The Morgan fingerprint density at radius 1 is 0.286 bits per heavy atom. The first-order valence-corrected chi connectivity index (χ1v) is 31.1. The predicted molar refractivity (Wildman–Crippen MR) is 353 cm³/mol. The number of aromatic nitrogens is 4. The molecule has 0 aliphatic carbocycles. The van der Waals surface area contributed by atoms with E-state index in [-0.39, 0.29) is 112 Å². The average Bonchev–Trinajstić information content (AvgIpc) is 1.53. The first-order chi connectivity index (χ1) is 49.3. The van der Waals surface area contributed by atoms with E-state index >= 15 is 39.5 Å². The summed E-state index contributed by atoms with van der Waals surface area (Å²) in [6.45, 7) is 1.39. The molecule has 0 spiro atoms. The third kappa shape index (κ3) is 13.0. The summed E-state index contributed by atoms with van der Waals surface area (Å²) >= 11 is 0. The van der Waals surface area contributed by atoms with Crippen LogP contribution in [0.1, 0.15) is 50.1 Å². The van der Waals surface area contributed by atoms with Crippen LogP contribution < -0.4 is 0 Å². The van der Waals surface area contributed by atoms with Crippen LogP contribution in [0.2, 0.25) is 0 Å². The largest absolute Gasteiger partial charge is 0.417 e. The number of rotatable bonds is 9. The number of nitrogens with zero attached hydrogens (tertiary/aromatic N) is 5. The van der Waals surface area contributed by atoms with Crippen LogP contribution >= 0.6 is 0 Å². The van der Waals surface area contributed by atoms with Crippen molar-refractivity contribution in [2.45, 2.75) is 50.2 Å². The quantitative estimate of drug-likeness (QED) is 0.135. The maximum atomic E-state index is 15.1. The van der Waals surface area contributed by atoms with E-state index in [2.05, 4.69) is 6.07 Å². The predicted octanol–water partition coefficient (Wildman–Crippen LogP) is 25.7. The SMILES string of the molecule is Cc1cc(C(F)(F)F)ccc1-c1ccc2c(c1)c1cc(-c3ccc(C(F)(F)F)cc3C(F)(F)F)ccc1n2-c1cc(-c2nc(-c3ccccc3)cc(-c3ccccc3)n2)cc(-n2c3ccc(-c4ccc(C(F)(F)F)cc4C(F)(F)F)cc3c3cc(-c4ccc(C(F)(F)F)cc4C(F)(F)F)ccc32)c1C#N. The van der Waals surface area contributed by atoms with Crippen molar-refractivity contribution in [1.29, 1.82) is 5.26 Å². The molecule has 0 aliphatic rings. The molecule has 0 fully saturated rings. The fourth-order valence-electron chi connectivity index (χ4n) is 13.3. The second kappa shape index (κ2) is 24.9. The highest BCUT2D eigenvalue weighted by molar-refractivity contribution is 6.14. The first kappa shape index (κ1) is 70.2. The van der Waals surface area contributed by atoms with E-state index in [0.29, 0.717) is 58.9 Å². The minimum atomic E-state index is -5.46. The summed E-state index contributed by atoms with van der Waals surface area (Å²) in [6.07, 6.45) is -36.9. The second-order valence-electron chi connectivity index (χ2n) is 24.6. The number of hydrogen-bond acceptors (Lipinski definition) is 3. The summed E-state index contributed by atoms with van der Waals surface area (Å²) in [7, 11) is 0. The van der Waals surface area contributed by atoms with Crippen molar-refractivity contribution >= 4 is 43.6 Å². The number of benzene rings is 11. The molecule has 11 aromatic carbocycles. The van der Waals surface area contributed by atoms with Crippen molar-refractivity contribution in [1.82, 2.24) is 19.1 Å². The molecule has 26 heteroatoms. The topological polar surface area (TPSA) is 59.4 Å². The summed E-state index contributed by atoms with van der Waals surface area (Å²) in [5, 5.41) is 11.8. The zero-order valence-electron chi connectivity index (χ0n) is 53.0. The van der Waals surface area contributed by atoms with E-state index in [1.165, 1.54) is 76.7 Å². The molecular weight excluding hydrogens is 1420 g/mol. The molecule has 0 atom stereocenters. The highest BCUT2D eigenvalue weighted by Gasteiger charge is 2.42. The van der Waals surface area contributed by atoms with Crippen LogP contribution in [0.3, 0.4) is 0 Å². The van der Waals surface area contributed by atoms with Crippen molar-refractivity contribution in [3.05, 3.63) is 275 Å². The molecule has 0 unspecified atom stereocenters. The van der Waals surface area contributed by atoms with Gasteiger partial charge in [0.05, 0.1) is 83.8 Å². The van der Waals surface area contributed by atoms with Gasteiger partial charge in [0, 0.05) is 38.2 Å².